The first kappa shape index (κ1) is 18.8. The normalized spacial score (nSPS) is 16.2. The molecule has 0 radical (unpaired) electrons. The van der Waals surface area contributed by atoms with Gasteiger partial charge in [-0.25, -0.2) is 9.67 Å². The third kappa shape index (κ3) is 3.86. The number of aromatic nitrogens is 3. The molecule has 0 amide bonds. The maximum absolute atomic E-state index is 12.4. The Morgan fingerprint density at radius 1 is 1.21 bits per heavy atom. The van der Waals surface area contributed by atoms with E-state index in [0.717, 1.165) is 41.0 Å². The van der Waals surface area contributed by atoms with Crippen LogP contribution in [0, 0.1) is 6.92 Å². The summed E-state index contributed by atoms with van der Waals surface area (Å²) < 4.78 is 1.39. The van der Waals surface area contributed by atoms with Crippen molar-refractivity contribution in [1.29, 1.82) is 0 Å². The number of nitrogens with two attached hydrogens (primary N) is 1. The molecule has 3 aromatic rings. The van der Waals surface area contributed by atoms with Crippen LogP contribution in [-0.4, -0.2) is 25.5 Å². The third-order valence-electron chi connectivity index (χ3n) is 5.26. The second kappa shape index (κ2) is 7.48. The maximum Gasteiger partial charge on any atom is 0.266 e. The van der Waals surface area contributed by atoms with Gasteiger partial charge in [0, 0.05) is 11.6 Å². The molecule has 3 N–H and O–H groups in total. The Labute approximate surface area is 167 Å². The van der Waals surface area contributed by atoms with Crippen LogP contribution in [0.5, 0.6) is 0 Å². The number of aliphatic hydroxyl groups is 1. The van der Waals surface area contributed by atoms with Gasteiger partial charge in [-0.2, -0.15) is 5.10 Å². The van der Waals surface area contributed by atoms with Crippen molar-refractivity contribution < 1.29 is 5.11 Å². The second-order valence-corrected chi connectivity index (χ2v) is 8.63. The zero-order valence-electron chi connectivity index (χ0n) is 15.9. The first-order valence-corrected chi connectivity index (χ1v) is 10.4. The van der Waals surface area contributed by atoms with Crippen molar-refractivity contribution in [3.05, 3.63) is 52.3 Å². The van der Waals surface area contributed by atoms with E-state index in [2.05, 4.69) is 16.1 Å². The summed E-state index contributed by atoms with van der Waals surface area (Å²) in [5.74, 6) is 0. The largest absolute Gasteiger partial charge is 0.388 e. The minimum Gasteiger partial charge on any atom is -0.388 e. The van der Waals surface area contributed by atoms with E-state index in [-0.39, 0.29) is 12.1 Å². The minimum absolute atomic E-state index is 0.211. The molecule has 7 heteroatoms. The standard InChI is InChI=1S/C21H24N4O2S/c1-14-6-5-7-15(12-14)18-19(28-20(22)23-18)16-8-9-17(26)25(24-16)13-21(27)10-3-2-4-11-21/h5-9,12,27H,2-4,10-11,13H2,1H3,(H2,22,23). The monoisotopic (exact) mass is 396 g/mol. The van der Waals surface area contributed by atoms with Crippen molar-refractivity contribution in [3.63, 3.8) is 0 Å². The van der Waals surface area contributed by atoms with Crippen LogP contribution in [0.25, 0.3) is 21.8 Å². The topological polar surface area (TPSA) is 94.0 Å². The van der Waals surface area contributed by atoms with Crippen molar-refractivity contribution in [2.75, 3.05) is 5.73 Å². The quantitative estimate of drug-likeness (QED) is 0.702. The molecule has 4 rings (SSSR count). The van der Waals surface area contributed by atoms with Crippen LogP contribution in [-0.2, 0) is 6.54 Å². The van der Waals surface area contributed by atoms with E-state index in [1.165, 1.54) is 22.1 Å². The molecule has 0 aliphatic heterocycles. The van der Waals surface area contributed by atoms with E-state index in [1.807, 2.05) is 25.1 Å². The Hall–Kier alpha value is -2.51. The predicted molar refractivity (Wildman–Crippen MR) is 112 cm³/mol. The van der Waals surface area contributed by atoms with Crippen LogP contribution in [0.4, 0.5) is 5.13 Å². The highest BCUT2D eigenvalue weighted by molar-refractivity contribution is 7.19. The fourth-order valence-electron chi connectivity index (χ4n) is 3.83. The van der Waals surface area contributed by atoms with Crippen LogP contribution in [0.15, 0.2) is 41.2 Å². The third-order valence-corrected chi connectivity index (χ3v) is 6.17. The van der Waals surface area contributed by atoms with Gasteiger partial charge in [0.25, 0.3) is 5.56 Å². The summed E-state index contributed by atoms with van der Waals surface area (Å²) in [5, 5.41) is 15.9. The predicted octanol–water partition coefficient (Wildman–Crippen LogP) is 3.62. The van der Waals surface area contributed by atoms with Crippen molar-refractivity contribution >= 4 is 16.5 Å². The van der Waals surface area contributed by atoms with Crippen LogP contribution in [0.3, 0.4) is 0 Å². The average molecular weight is 397 g/mol. The highest BCUT2D eigenvalue weighted by atomic mass is 32.1. The summed E-state index contributed by atoms with van der Waals surface area (Å²) in [6.07, 6.45) is 4.49. The van der Waals surface area contributed by atoms with Crippen molar-refractivity contribution in [2.24, 2.45) is 0 Å². The van der Waals surface area contributed by atoms with Crippen LogP contribution >= 0.6 is 11.3 Å². The van der Waals surface area contributed by atoms with Crippen molar-refractivity contribution in [2.45, 2.75) is 51.2 Å². The van der Waals surface area contributed by atoms with Gasteiger partial charge in [0.05, 0.1) is 22.7 Å². The Bertz CT molecular complexity index is 1050. The van der Waals surface area contributed by atoms with Gasteiger partial charge in [-0.1, -0.05) is 54.4 Å². The Morgan fingerprint density at radius 2 is 2.00 bits per heavy atom. The highest BCUT2D eigenvalue weighted by Crippen LogP contribution is 2.37. The van der Waals surface area contributed by atoms with Crippen LogP contribution in [0.2, 0.25) is 0 Å². The highest BCUT2D eigenvalue weighted by Gasteiger charge is 2.30. The van der Waals surface area contributed by atoms with Gasteiger partial charge in [-0.05, 0) is 31.9 Å². The number of anilines is 1. The first-order chi connectivity index (χ1) is 13.4. The van der Waals surface area contributed by atoms with Gasteiger partial charge in [0.2, 0.25) is 0 Å². The molecule has 1 fully saturated rings. The molecular formula is C21H24N4O2S. The van der Waals surface area contributed by atoms with Gasteiger partial charge in [0.15, 0.2) is 5.13 Å². The molecular weight excluding hydrogens is 372 g/mol. The lowest BCUT2D eigenvalue weighted by Crippen LogP contribution is -2.40. The molecule has 1 aromatic carbocycles. The Balaban J connectivity index is 1.74. The molecule has 2 heterocycles. The molecule has 6 nitrogen and oxygen atoms in total. The molecule has 0 spiro atoms. The molecule has 0 atom stereocenters. The molecule has 0 saturated heterocycles. The number of hydrogen-bond acceptors (Lipinski definition) is 6. The molecule has 2 aromatic heterocycles. The van der Waals surface area contributed by atoms with Gasteiger partial charge in [-0.15, -0.1) is 0 Å². The number of benzene rings is 1. The van der Waals surface area contributed by atoms with Gasteiger partial charge in [-0.3, -0.25) is 4.79 Å². The zero-order valence-corrected chi connectivity index (χ0v) is 16.7. The number of nitrogens with zero attached hydrogens (tertiary/aromatic N) is 3. The minimum atomic E-state index is -0.861. The average Bonchev–Trinajstić information content (AvgIpc) is 3.06. The molecule has 1 aliphatic rings. The molecule has 1 aliphatic carbocycles. The molecule has 28 heavy (non-hydrogen) atoms. The maximum atomic E-state index is 12.4. The first-order valence-electron chi connectivity index (χ1n) is 9.58. The Morgan fingerprint density at radius 3 is 2.75 bits per heavy atom. The number of nitrogen functional groups attached to an aromatic ring is 1. The fraction of sp³-hybridized carbons (Fsp3) is 0.381. The molecule has 0 unspecified atom stereocenters. The van der Waals surface area contributed by atoms with Gasteiger partial charge < -0.3 is 10.8 Å². The Kier molecular flexibility index (Phi) is 5.03. The number of rotatable bonds is 4. The van der Waals surface area contributed by atoms with E-state index in [4.69, 9.17) is 5.73 Å². The summed E-state index contributed by atoms with van der Waals surface area (Å²) >= 11 is 1.35. The number of thiazole rings is 1. The van der Waals surface area contributed by atoms with Crippen LogP contribution < -0.4 is 11.3 Å². The van der Waals surface area contributed by atoms with Crippen LogP contribution in [0.1, 0.15) is 37.7 Å². The van der Waals surface area contributed by atoms with E-state index in [1.54, 1.807) is 6.07 Å². The summed E-state index contributed by atoms with van der Waals surface area (Å²) in [6, 6.07) is 11.3. The van der Waals surface area contributed by atoms with E-state index < -0.39 is 5.60 Å². The second-order valence-electron chi connectivity index (χ2n) is 7.60. The van der Waals surface area contributed by atoms with Crippen molar-refractivity contribution in [3.8, 4) is 21.8 Å². The van der Waals surface area contributed by atoms with E-state index >= 15 is 0 Å². The lowest BCUT2D eigenvalue weighted by molar-refractivity contribution is -0.0153. The number of aryl methyl sites for hydroxylation is 1. The SMILES string of the molecule is Cc1cccc(-c2nc(N)sc2-c2ccc(=O)n(CC3(O)CCCCC3)n2)c1. The summed E-state index contributed by atoms with van der Waals surface area (Å²) in [4.78, 5) is 17.7. The summed E-state index contributed by atoms with van der Waals surface area (Å²) in [6.45, 7) is 2.25. The molecule has 0 bridgehead atoms. The molecule has 146 valence electrons. The lowest BCUT2D eigenvalue weighted by Gasteiger charge is -2.31. The lowest BCUT2D eigenvalue weighted by atomic mass is 9.85. The number of hydrogen-bond donors (Lipinski definition) is 2. The summed E-state index contributed by atoms with van der Waals surface area (Å²) in [5.41, 5.74) is 8.43. The van der Waals surface area contributed by atoms with Gasteiger partial charge >= 0.3 is 0 Å². The van der Waals surface area contributed by atoms with Gasteiger partial charge in [0.1, 0.15) is 5.69 Å². The smallest absolute Gasteiger partial charge is 0.266 e. The fourth-order valence-corrected chi connectivity index (χ4v) is 4.65. The zero-order chi connectivity index (χ0) is 19.7. The summed E-state index contributed by atoms with van der Waals surface area (Å²) in [7, 11) is 0. The van der Waals surface area contributed by atoms with Crippen molar-refractivity contribution in [1.82, 2.24) is 14.8 Å². The molecule has 1 saturated carbocycles. The van der Waals surface area contributed by atoms with E-state index in [0.29, 0.717) is 23.7 Å². The van der Waals surface area contributed by atoms with E-state index in [9.17, 15) is 9.90 Å².